The Hall–Kier alpha value is -2.10. The Morgan fingerprint density at radius 2 is 1.60 bits per heavy atom. The van der Waals surface area contributed by atoms with E-state index in [9.17, 15) is 0 Å². The second-order valence-electron chi connectivity index (χ2n) is 5.05. The number of aromatic nitrogens is 2. The minimum atomic E-state index is 0.454. The summed E-state index contributed by atoms with van der Waals surface area (Å²) in [4.78, 5) is 8.08. The molecular formula is C16H24N4. The van der Waals surface area contributed by atoms with Gasteiger partial charge in [-0.3, -0.25) is 4.98 Å². The van der Waals surface area contributed by atoms with Crippen molar-refractivity contribution in [3.05, 3.63) is 48.9 Å². The summed E-state index contributed by atoms with van der Waals surface area (Å²) in [5, 5.41) is 6.44. The molecule has 2 rings (SSSR count). The molecule has 0 radical (unpaired) electrons. The van der Waals surface area contributed by atoms with Crippen molar-refractivity contribution in [3.63, 3.8) is 0 Å². The number of hydrogen-bond donors (Lipinski definition) is 2. The summed E-state index contributed by atoms with van der Waals surface area (Å²) in [6.45, 7) is 8.39. The summed E-state index contributed by atoms with van der Waals surface area (Å²) in [5.74, 6) is 0.942. The maximum absolute atomic E-state index is 4.11. The molecule has 4 heteroatoms. The molecule has 2 aromatic rings. The van der Waals surface area contributed by atoms with Crippen LogP contribution in [0.15, 0.2) is 48.9 Å². The average molecular weight is 272 g/mol. The zero-order chi connectivity index (χ0) is 14.8. The van der Waals surface area contributed by atoms with Gasteiger partial charge in [0.2, 0.25) is 0 Å². The fourth-order valence-electron chi connectivity index (χ4n) is 1.53. The van der Waals surface area contributed by atoms with E-state index in [4.69, 9.17) is 0 Å². The first-order valence-corrected chi connectivity index (χ1v) is 6.92. The zero-order valence-corrected chi connectivity index (χ0v) is 12.7. The van der Waals surface area contributed by atoms with Gasteiger partial charge in [-0.25, -0.2) is 4.98 Å². The van der Waals surface area contributed by atoms with Crippen LogP contribution in [-0.4, -0.2) is 22.1 Å². The number of pyridine rings is 2. The number of nitrogens with zero attached hydrogens (tertiary/aromatic N) is 2. The van der Waals surface area contributed by atoms with E-state index in [1.54, 1.807) is 12.4 Å². The Balaban J connectivity index is 0.000000200. The van der Waals surface area contributed by atoms with E-state index in [-0.39, 0.29) is 0 Å². The van der Waals surface area contributed by atoms with Gasteiger partial charge in [0.25, 0.3) is 0 Å². The SMILES string of the molecule is CC(C)Nc1ccccn1.CC(C)Nc1cccnc1. The molecule has 0 aliphatic carbocycles. The van der Waals surface area contributed by atoms with Gasteiger partial charge in [0.1, 0.15) is 5.82 Å². The van der Waals surface area contributed by atoms with Crippen LogP contribution in [0.5, 0.6) is 0 Å². The van der Waals surface area contributed by atoms with E-state index in [1.807, 2.05) is 36.5 Å². The fourth-order valence-corrected chi connectivity index (χ4v) is 1.53. The Bertz CT molecular complexity index is 409. The molecule has 0 aliphatic rings. The van der Waals surface area contributed by atoms with Crippen molar-refractivity contribution in [3.8, 4) is 0 Å². The topological polar surface area (TPSA) is 49.8 Å². The van der Waals surface area contributed by atoms with Crippen LogP contribution in [0.25, 0.3) is 0 Å². The van der Waals surface area contributed by atoms with Crippen LogP contribution in [0.3, 0.4) is 0 Å². The maximum atomic E-state index is 4.11. The van der Waals surface area contributed by atoms with Crippen molar-refractivity contribution < 1.29 is 0 Å². The molecule has 0 amide bonds. The minimum absolute atomic E-state index is 0.454. The lowest BCUT2D eigenvalue weighted by atomic mass is 10.3. The van der Waals surface area contributed by atoms with Crippen LogP contribution in [0, 0.1) is 0 Å². The highest BCUT2D eigenvalue weighted by atomic mass is 15.0. The molecule has 2 aromatic heterocycles. The second kappa shape index (κ2) is 8.91. The molecule has 4 nitrogen and oxygen atoms in total. The van der Waals surface area contributed by atoms with E-state index in [0.717, 1.165) is 11.5 Å². The van der Waals surface area contributed by atoms with Crippen LogP contribution >= 0.6 is 0 Å². The van der Waals surface area contributed by atoms with E-state index in [1.165, 1.54) is 0 Å². The molecule has 0 aromatic carbocycles. The predicted molar refractivity (Wildman–Crippen MR) is 86.0 cm³/mol. The molecule has 0 fully saturated rings. The highest BCUT2D eigenvalue weighted by Crippen LogP contribution is 2.03. The Morgan fingerprint density at radius 3 is 2.10 bits per heavy atom. The Labute approximate surface area is 121 Å². The van der Waals surface area contributed by atoms with E-state index in [2.05, 4.69) is 48.3 Å². The van der Waals surface area contributed by atoms with Crippen LogP contribution in [0.1, 0.15) is 27.7 Å². The molecular weight excluding hydrogens is 248 g/mol. The third kappa shape index (κ3) is 7.36. The summed E-state index contributed by atoms with van der Waals surface area (Å²) in [5.41, 5.74) is 1.08. The molecule has 2 heterocycles. The summed E-state index contributed by atoms with van der Waals surface area (Å²) < 4.78 is 0. The van der Waals surface area contributed by atoms with Gasteiger partial charge >= 0.3 is 0 Å². The lowest BCUT2D eigenvalue weighted by Gasteiger charge is -2.07. The summed E-state index contributed by atoms with van der Waals surface area (Å²) >= 11 is 0. The number of hydrogen-bond acceptors (Lipinski definition) is 4. The predicted octanol–water partition coefficient (Wildman–Crippen LogP) is 3.80. The summed E-state index contributed by atoms with van der Waals surface area (Å²) in [7, 11) is 0. The fraction of sp³-hybridized carbons (Fsp3) is 0.375. The minimum Gasteiger partial charge on any atom is -0.382 e. The number of rotatable bonds is 4. The van der Waals surface area contributed by atoms with Crippen molar-refractivity contribution in [1.82, 2.24) is 9.97 Å². The lowest BCUT2D eigenvalue weighted by molar-refractivity contribution is 0.889. The largest absolute Gasteiger partial charge is 0.382 e. The molecule has 108 valence electrons. The smallest absolute Gasteiger partial charge is 0.126 e. The molecule has 0 aliphatic heterocycles. The third-order valence-electron chi connectivity index (χ3n) is 2.22. The number of anilines is 2. The van der Waals surface area contributed by atoms with Gasteiger partial charge in [0.05, 0.1) is 5.69 Å². The van der Waals surface area contributed by atoms with Crippen molar-refractivity contribution in [2.24, 2.45) is 0 Å². The van der Waals surface area contributed by atoms with E-state index in [0.29, 0.717) is 12.1 Å². The van der Waals surface area contributed by atoms with Crippen molar-refractivity contribution in [2.45, 2.75) is 39.8 Å². The summed E-state index contributed by atoms with van der Waals surface area (Å²) in [6.07, 6.45) is 5.37. The Kier molecular flexibility index (Phi) is 7.11. The van der Waals surface area contributed by atoms with Crippen LogP contribution < -0.4 is 10.6 Å². The van der Waals surface area contributed by atoms with Gasteiger partial charge in [0.15, 0.2) is 0 Å². The van der Waals surface area contributed by atoms with Gasteiger partial charge in [0, 0.05) is 30.7 Å². The van der Waals surface area contributed by atoms with Crippen molar-refractivity contribution >= 4 is 11.5 Å². The third-order valence-corrected chi connectivity index (χ3v) is 2.22. The first kappa shape index (κ1) is 16.0. The first-order valence-electron chi connectivity index (χ1n) is 6.92. The van der Waals surface area contributed by atoms with E-state index >= 15 is 0 Å². The van der Waals surface area contributed by atoms with Crippen molar-refractivity contribution in [2.75, 3.05) is 10.6 Å². The lowest BCUT2D eigenvalue weighted by Crippen LogP contribution is -2.10. The molecule has 0 spiro atoms. The van der Waals surface area contributed by atoms with Crippen molar-refractivity contribution in [1.29, 1.82) is 0 Å². The zero-order valence-electron chi connectivity index (χ0n) is 12.7. The molecule has 2 N–H and O–H groups in total. The molecule has 0 unspecified atom stereocenters. The van der Waals surface area contributed by atoms with Crippen LogP contribution in [0.2, 0.25) is 0 Å². The highest BCUT2D eigenvalue weighted by molar-refractivity contribution is 5.40. The highest BCUT2D eigenvalue weighted by Gasteiger charge is 1.92. The standard InChI is InChI=1S/2C8H12N2/c1-7(2)10-8-4-3-5-9-6-8;1-7(2)10-8-5-3-4-6-9-8/h3-7,10H,1-2H3;3-7H,1-2H3,(H,9,10). The average Bonchev–Trinajstić information content (AvgIpc) is 2.40. The number of nitrogens with one attached hydrogen (secondary N) is 2. The van der Waals surface area contributed by atoms with Gasteiger partial charge in [-0.1, -0.05) is 6.07 Å². The molecule has 0 bridgehead atoms. The van der Waals surface area contributed by atoms with E-state index < -0.39 is 0 Å². The molecule has 0 atom stereocenters. The van der Waals surface area contributed by atoms with Gasteiger partial charge in [-0.2, -0.15) is 0 Å². The summed E-state index contributed by atoms with van der Waals surface area (Å²) in [6, 6.07) is 10.7. The maximum Gasteiger partial charge on any atom is 0.126 e. The monoisotopic (exact) mass is 272 g/mol. The quantitative estimate of drug-likeness (QED) is 0.888. The first-order chi connectivity index (χ1) is 9.58. The molecule has 0 saturated heterocycles. The van der Waals surface area contributed by atoms with Gasteiger partial charge < -0.3 is 10.6 Å². The van der Waals surface area contributed by atoms with Gasteiger partial charge in [-0.15, -0.1) is 0 Å². The molecule has 20 heavy (non-hydrogen) atoms. The van der Waals surface area contributed by atoms with Crippen LogP contribution in [0.4, 0.5) is 11.5 Å². The van der Waals surface area contributed by atoms with Gasteiger partial charge in [-0.05, 0) is 52.0 Å². The molecule has 0 saturated carbocycles. The normalized spacial score (nSPS) is 9.90. The van der Waals surface area contributed by atoms with Crippen LogP contribution in [-0.2, 0) is 0 Å². The Morgan fingerprint density at radius 1 is 0.850 bits per heavy atom. The second-order valence-corrected chi connectivity index (χ2v) is 5.05.